The van der Waals surface area contributed by atoms with Gasteiger partial charge in [-0.25, -0.2) is 0 Å². The van der Waals surface area contributed by atoms with Crippen molar-refractivity contribution in [2.75, 3.05) is 4.90 Å². The highest BCUT2D eigenvalue weighted by Crippen LogP contribution is 2.53. The summed E-state index contributed by atoms with van der Waals surface area (Å²) in [5.74, 6) is 0. The molecule has 0 unspecified atom stereocenters. The van der Waals surface area contributed by atoms with Gasteiger partial charge in [-0.15, -0.1) is 0 Å². The van der Waals surface area contributed by atoms with Crippen LogP contribution >= 0.6 is 0 Å². The molecule has 2 heteroatoms. The van der Waals surface area contributed by atoms with Crippen LogP contribution in [0, 0.1) is 0 Å². The summed E-state index contributed by atoms with van der Waals surface area (Å²) < 4.78 is 2.62. The lowest BCUT2D eigenvalue weighted by Crippen LogP contribution is -2.10. The number of hydrogen-bond acceptors (Lipinski definition) is 1. The first-order chi connectivity index (χ1) is 32.8. The van der Waals surface area contributed by atoms with E-state index in [1.165, 1.54) is 114 Å². The molecule has 0 amide bonds. The van der Waals surface area contributed by atoms with Gasteiger partial charge in [-0.3, -0.25) is 0 Å². The fraction of sp³-hybridized carbons (Fsp3) is 0. The number of anilines is 3. The van der Waals surface area contributed by atoms with Crippen molar-refractivity contribution in [2.45, 2.75) is 0 Å². The quantitative estimate of drug-likeness (QED) is 0.152. The van der Waals surface area contributed by atoms with E-state index in [0.717, 1.165) is 17.1 Å². The van der Waals surface area contributed by atoms with Gasteiger partial charge >= 0.3 is 0 Å². The number of aromatic nitrogens is 1. The molecule has 0 saturated carbocycles. The third kappa shape index (κ3) is 5.36. The normalized spacial score (nSPS) is 11.9. The third-order valence-corrected chi connectivity index (χ3v) is 14.0. The van der Waals surface area contributed by atoms with Crippen molar-refractivity contribution in [3.05, 3.63) is 243 Å². The van der Waals surface area contributed by atoms with Crippen LogP contribution in [0.2, 0.25) is 0 Å². The van der Waals surface area contributed by atoms with Crippen molar-refractivity contribution >= 4 is 103 Å². The molecule has 0 aliphatic heterocycles. The molecular formula is C64H40N2. The summed E-state index contributed by atoms with van der Waals surface area (Å²) in [7, 11) is 0. The summed E-state index contributed by atoms with van der Waals surface area (Å²) in [4.78, 5) is 2.45. The highest BCUT2D eigenvalue weighted by Gasteiger charge is 2.29. The van der Waals surface area contributed by atoms with Gasteiger partial charge in [0.1, 0.15) is 0 Å². The molecule has 14 rings (SSSR count). The molecule has 1 heterocycles. The van der Waals surface area contributed by atoms with Gasteiger partial charge in [0.25, 0.3) is 0 Å². The molecule has 0 spiro atoms. The second-order valence-corrected chi connectivity index (χ2v) is 17.6. The molecular weight excluding hydrogens is 797 g/mol. The number of para-hydroxylation sites is 1. The largest absolute Gasteiger partial charge is 0.310 e. The van der Waals surface area contributed by atoms with Crippen molar-refractivity contribution in [3.63, 3.8) is 0 Å². The predicted molar refractivity (Wildman–Crippen MR) is 283 cm³/mol. The first-order valence-electron chi connectivity index (χ1n) is 22.8. The lowest BCUT2D eigenvalue weighted by atomic mass is 9.89. The molecule has 0 N–H and O–H groups in total. The minimum absolute atomic E-state index is 1.11. The van der Waals surface area contributed by atoms with Crippen molar-refractivity contribution in [1.29, 1.82) is 0 Å². The van der Waals surface area contributed by atoms with Crippen LogP contribution in [0.4, 0.5) is 17.1 Å². The number of nitrogens with zero attached hydrogens (tertiary/aromatic N) is 2. The van der Waals surface area contributed by atoms with Gasteiger partial charge in [0.2, 0.25) is 0 Å². The third-order valence-electron chi connectivity index (χ3n) is 14.0. The minimum Gasteiger partial charge on any atom is -0.310 e. The van der Waals surface area contributed by atoms with E-state index in [-0.39, 0.29) is 0 Å². The zero-order chi connectivity index (χ0) is 43.3. The van der Waals surface area contributed by atoms with E-state index < -0.39 is 0 Å². The first kappa shape index (κ1) is 36.7. The molecule has 0 saturated heterocycles. The summed E-state index contributed by atoms with van der Waals surface area (Å²) in [6.45, 7) is 0. The zero-order valence-corrected chi connectivity index (χ0v) is 36.0. The van der Waals surface area contributed by atoms with Crippen LogP contribution in [0.1, 0.15) is 0 Å². The Labute approximate surface area is 381 Å². The molecule has 306 valence electrons. The highest BCUT2D eigenvalue weighted by molar-refractivity contribution is 6.37. The molecule has 0 radical (unpaired) electrons. The average Bonchev–Trinajstić information content (AvgIpc) is 3.75. The number of benzene rings is 13. The lowest BCUT2D eigenvalue weighted by molar-refractivity contribution is 1.16. The van der Waals surface area contributed by atoms with Crippen molar-refractivity contribution in [3.8, 4) is 28.1 Å². The standard InChI is InChI=1S/C64H40N2/c1-4-18-42(19-5-1)60-62-61-52-29-14-13-28-51(52)57(65(48-25-8-3-9-26-48)49-36-33-41-17-10-11-22-47(41)39-49)40-55(61)50-27-12-15-30-53(50)64(62)66(63(60)46-20-6-2-7-21-46)56-38-35-45-32-31-43-23-16-24-44-34-37-54(56)59(45)58(43)44/h1-40H. The van der Waals surface area contributed by atoms with E-state index in [9.17, 15) is 0 Å². The van der Waals surface area contributed by atoms with Gasteiger partial charge < -0.3 is 9.47 Å². The molecule has 13 aromatic carbocycles. The Kier molecular flexibility index (Phi) is 8.02. The average molecular weight is 837 g/mol. The van der Waals surface area contributed by atoms with E-state index >= 15 is 0 Å². The van der Waals surface area contributed by atoms with E-state index in [1.807, 2.05) is 0 Å². The Morgan fingerprint density at radius 2 is 0.848 bits per heavy atom. The molecule has 0 bridgehead atoms. The highest BCUT2D eigenvalue weighted by atomic mass is 15.1. The monoisotopic (exact) mass is 836 g/mol. The number of fused-ring (bicyclic) bond motifs is 9. The molecule has 0 aliphatic rings. The van der Waals surface area contributed by atoms with Gasteiger partial charge in [-0.2, -0.15) is 0 Å². The first-order valence-corrected chi connectivity index (χ1v) is 22.8. The van der Waals surface area contributed by atoms with Crippen LogP contribution in [0.3, 0.4) is 0 Å². The number of hydrogen-bond donors (Lipinski definition) is 0. The summed E-state index contributed by atoms with van der Waals surface area (Å²) in [5.41, 5.74) is 10.5. The molecule has 14 aromatic rings. The van der Waals surface area contributed by atoms with Gasteiger partial charge in [0.15, 0.2) is 0 Å². The van der Waals surface area contributed by atoms with E-state index in [4.69, 9.17) is 0 Å². The maximum atomic E-state index is 2.62. The van der Waals surface area contributed by atoms with E-state index in [0.29, 0.717) is 0 Å². The smallest absolute Gasteiger partial charge is 0.0626 e. The Balaban J connectivity index is 1.20. The Bertz CT molecular complexity index is 4190. The van der Waals surface area contributed by atoms with Crippen molar-refractivity contribution in [1.82, 2.24) is 4.57 Å². The topological polar surface area (TPSA) is 8.17 Å². The van der Waals surface area contributed by atoms with Gasteiger partial charge in [0.05, 0.1) is 22.6 Å². The molecule has 0 fully saturated rings. The SMILES string of the molecule is c1ccc(-c2c(-c3ccccc3)n(-c3ccc4ccc5cccc6ccc3c4c56)c3c4ccccc4c4cc(N(c5ccccc5)c5ccc6ccccc6c5)c5ccccc5c4c23)cc1. The fourth-order valence-electron chi connectivity index (χ4n) is 11.2. The minimum atomic E-state index is 1.11. The lowest BCUT2D eigenvalue weighted by Gasteiger charge is -2.28. The van der Waals surface area contributed by atoms with Gasteiger partial charge in [-0.05, 0) is 101 Å². The van der Waals surface area contributed by atoms with Crippen LogP contribution in [0.15, 0.2) is 243 Å². The second kappa shape index (κ2) is 14.4. The van der Waals surface area contributed by atoms with E-state index in [1.54, 1.807) is 0 Å². The zero-order valence-electron chi connectivity index (χ0n) is 36.0. The van der Waals surface area contributed by atoms with Crippen molar-refractivity contribution in [2.24, 2.45) is 0 Å². The maximum absolute atomic E-state index is 2.62. The molecule has 2 nitrogen and oxygen atoms in total. The van der Waals surface area contributed by atoms with Gasteiger partial charge in [0, 0.05) is 43.9 Å². The Hall–Kier alpha value is -8.72. The van der Waals surface area contributed by atoms with Crippen LogP contribution in [-0.4, -0.2) is 4.57 Å². The molecule has 66 heavy (non-hydrogen) atoms. The summed E-state index contributed by atoms with van der Waals surface area (Å²) in [6.07, 6.45) is 0. The Morgan fingerprint density at radius 3 is 1.61 bits per heavy atom. The summed E-state index contributed by atoms with van der Waals surface area (Å²) >= 11 is 0. The number of rotatable bonds is 6. The van der Waals surface area contributed by atoms with Crippen LogP contribution in [0.5, 0.6) is 0 Å². The predicted octanol–water partition coefficient (Wildman–Crippen LogP) is 17.9. The van der Waals surface area contributed by atoms with Crippen molar-refractivity contribution < 1.29 is 0 Å². The van der Waals surface area contributed by atoms with E-state index in [2.05, 4.69) is 252 Å². The maximum Gasteiger partial charge on any atom is 0.0626 e. The second-order valence-electron chi connectivity index (χ2n) is 17.6. The van der Waals surface area contributed by atoms with Crippen LogP contribution < -0.4 is 4.90 Å². The summed E-state index contributed by atoms with van der Waals surface area (Å²) in [5, 5.41) is 18.6. The molecule has 1 aromatic heterocycles. The molecule has 0 aliphatic carbocycles. The van der Waals surface area contributed by atoms with Crippen LogP contribution in [-0.2, 0) is 0 Å². The summed E-state index contributed by atoms with van der Waals surface area (Å²) in [6, 6.07) is 89.8. The Morgan fingerprint density at radius 1 is 0.288 bits per heavy atom. The van der Waals surface area contributed by atoms with Crippen LogP contribution in [0.25, 0.3) is 114 Å². The molecule has 0 atom stereocenters. The fourth-order valence-corrected chi connectivity index (χ4v) is 11.2. The van der Waals surface area contributed by atoms with Gasteiger partial charge in [-0.1, -0.05) is 206 Å².